The summed E-state index contributed by atoms with van der Waals surface area (Å²) in [6, 6.07) is 4.54. The molecular weight excluding hydrogens is 274 g/mol. The maximum Gasteiger partial charge on any atom is 0.251 e. The van der Waals surface area contributed by atoms with Crippen molar-refractivity contribution in [3.05, 3.63) is 23.8 Å². The quantitative estimate of drug-likeness (QED) is 0.702. The first-order valence-corrected chi connectivity index (χ1v) is 7.22. The lowest BCUT2D eigenvalue weighted by molar-refractivity contribution is -0.00124. The van der Waals surface area contributed by atoms with Gasteiger partial charge in [0.2, 0.25) is 6.79 Å². The van der Waals surface area contributed by atoms with Gasteiger partial charge in [0.05, 0.1) is 18.2 Å². The van der Waals surface area contributed by atoms with E-state index in [2.05, 4.69) is 5.32 Å². The lowest BCUT2D eigenvalue weighted by Crippen LogP contribution is -2.47. The molecule has 21 heavy (non-hydrogen) atoms. The van der Waals surface area contributed by atoms with Gasteiger partial charge in [-0.05, 0) is 31.0 Å². The standard InChI is InChI=1S/C15H19NO5/c17-11-4-2-1-3-10(14(11)18)16-15(19)9-5-6-12-13(7-9)21-8-20-12/h5-7,10-11,14,17-18H,1-4,8H2,(H,16,19)/t10-,11-,14-/m1/s1. The highest BCUT2D eigenvalue weighted by molar-refractivity contribution is 5.95. The zero-order valence-electron chi connectivity index (χ0n) is 11.6. The molecule has 0 spiro atoms. The Balaban J connectivity index is 1.70. The molecule has 1 heterocycles. The van der Waals surface area contributed by atoms with Crippen molar-refractivity contribution in [1.29, 1.82) is 0 Å². The normalized spacial score (nSPS) is 28.0. The molecule has 1 saturated carbocycles. The third kappa shape index (κ3) is 2.96. The maximum atomic E-state index is 12.3. The van der Waals surface area contributed by atoms with E-state index in [0.717, 1.165) is 12.8 Å². The zero-order chi connectivity index (χ0) is 14.8. The minimum absolute atomic E-state index is 0.161. The molecule has 1 aromatic rings. The van der Waals surface area contributed by atoms with Crippen LogP contribution in [-0.2, 0) is 0 Å². The average molecular weight is 293 g/mol. The number of aliphatic hydroxyl groups excluding tert-OH is 2. The van der Waals surface area contributed by atoms with Gasteiger partial charge in [0.1, 0.15) is 0 Å². The molecule has 114 valence electrons. The molecule has 0 radical (unpaired) electrons. The molecule has 0 bridgehead atoms. The summed E-state index contributed by atoms with van der Waals surface area (Å²) in [4.78, 5) is 12.3. The van der Waals surface area contributed by atoms with Crippen molar-refractivity contribution < 1.29 is 24.5 Å². The van der Waals surface area contributed by atoms with Crippen LogP contribution in [-0.4, -0.2) is 41.2 Å². The molecular formula is C15H19NO5. The molecule has 0 aromatic heterocycles. The van der Waals surface area contributed by atoms with E-state index in [1.807, 2.05) is 0 Å². The van der Waals surface area contributed by atoms with Gasteiger partial charge in [-0.1, -0.05) is 12.8 Å². The van der Waals surface area contributed by atoms with Crippen molar-refractivity contribution in [3.8, 4) is 11.5 Å². The fourth-order valence-corrected chi connectivity index (χ4v) is 2.77. The van der Waals surface area contributed by atoms with Crippen molar-refractivity contribution in [2.75, 3.05) is 6.79 Å². The number of carbonyl (C=O) groups excluding carboxylic acids is 1. The van der Waals surface area contributed by atoms with E-state index in [1.165, 1.54) is 0 Å². The summed E-state index contributed by atoms with van der Waals surface area (Å²) >= 11 is 0. The summed E-state index contributed by atoms with van der Waals surface area (Å²) in [7, 11) is 0. The number of nitrogens with one attached hydrogen (secondary N) is 1. The summed E-state index contributed by atoms with van der Waals surface area (Å²) in [5.74, 6) is 0.882. The number of benzene rings is 1. The van der Waals surface area contributed by atoms with Crippen LogP contribution in [0, 0.1) is 0 Å². The Morgan fingerprint density at radius 2 is 1.90 bits per heavy atom. The van der Waals surface area contributed by atoms with Gasteiger partial charge in [0.15, 0.2) is 11.5 Å². The van der Waals surface area contributed by atoms with Crippen LogP contribution in [0.2, 0.25) is 0 Å². The number of ether oxygens (including phenoxy) is 2. The van der Waals surface area contributed by atoms with Crippen LogP contribution in [0.1, 0.15) is 36.0 Å². The predicted octanol–water partition coefficient (Wildman–Crippen LogP) is 0.809. The molecule has 0 saturated heterocycles. The lowest BCUT2D eigenvalue weighted by atomic mass is 10.0. The maximum absolute atomic E-state index is 12.3. The Morgan fingerprint density at radius 3 is 2.76 bits per heavy atom. The molecule has 3 rings (SSSR count). The van der Waals surface area contributed by atoms with E-state index in [4.69, 9.17) is 9.47 Å². The molecule has 1 aromatic carbocycles. The SMILES string of the molecule is O=C(N[C@@H]1CCCC[C@@H](O)[C@@H]1O)c1ccc2c(c1)OCO2. The molecule has 0 unspecified atom stereocenters. The van der Waals surface area contributed by atoms with E-state index in [-0.39, 0.29) is 12.7 Å². The fourth-order valence-electron chi connectivity index (χ4n) is 2.77. The van der Waals surface area contributed by atoms with Crippen LogP contribution in [0.25, 0.3) is 0 Å². The Labute approximate surface area is 122 Å². The van der Waals surface area contributed by atoms with Crippen molar-refractivity contribution in [2.24, 2.45) is 0 Å². The number of hydrogen-bond donors (Lipinski definition) is 3. The first-order valence-electron chi connectivity index (χ1n) is 7.22. The van der Waals surface area contributed by atoms with Crippen LogP contribution in [0.3, 0.4) is 0 Å². The van der Waals surface area contributed by atoms with Crippen LogP contribution < -0.4 is 14.8 Å². The second-order valence-electron chi connectivity index (χ2n) is 5.49. The molecule has 1 fully saturated rings. The monoisotopic (exact) mass is 293 g/mol. The van der Waals surface area contributed by atoms with Gasteiger partial charge >= 0.3 is 0 Å². The fraction of sp³-hybridized carbons (Fsp3) is 0.533. The second-order valence-corrected chi connectivity index (χ2v) is 5.49. The number of fused-ring (bicyclic) bond motifs is 1. The third-order valence-electron chi connectivity index (χ3n) is 4.02. The highest BCUT2D eigenvalue weighted by Crippen LogP contribution is 2.32. The summed E-state index contributed by atoms with van der Waals surface area (Å²) in [6.45, 7) is 0.161. The first-order chi connectivity index (χ1) is 10.1. The molecule has 3 N–H and O–H groups in total. The van der Waals surface area contributed by atoms with E-state index in [0.29, 0.717) is 29.9 Å². The number of carbonyl (C=O) groups is 1. The summed E-state index contributed by atoms with van der Waals surface area (Å²) in [6.07, 6.45) is 1.25. The molecule has 1 amide bonds. The smallest absolute Gasteiger partial charge is 0.251 e. The van der Waals surface area contributed by atoms with Gasteiger partial charge in [0, 0.05) is 5.56 Å². The third-order valence-corrected chi connectivity index (χ3v) is 4.02. The summed E-state index contributed by atoms with van der Waals surface area (Å²) < 4.78 is 10.4. The summed E-state index contributed by atoms with van der Waals surface area (Å²) in [5, 5.41) is 22.7. The minimum atomic E-state index is -0.925. The molecule has 2 aliphatic rings. The molecule has 6 nitrogen and oxygen atoms in total. The minimum Gasteiger partial charge on any atom is -0.454 e. The van der Waals surface area contributed by atoms with Gasteiger partial charge in [-0.2, -0.15) is 0 Å². The van der Waals surface area contributed by atoms with Gasteiger partial charge < -0.3 is 25.0 Å². The first kappa shape index (κ1) is 14.2. The van der Waals surface area contributed by atoms with Gasteiger partial charge in [0.25, 0.3) is 5.91 Å². The highest BCUT2D eigenvalue weighted by atomic mass is 16.7. The van der Waals surface area contributed by atoms with Crippen LogP contribution in [0.4, 0.5) is 0 Å². The molecule has 3 atom stereocenters. The van der Waals surface area contributed by atoms with Crippen LogP contribution in [0.15, 0.2) is 18.2 Å². The van der Waals surface area contributed by atoms with E-state index >= 15 is 0 Å². The Bertz CT molecular complexity index is 533. The number of amides is 1. The lowest BCUT2D eigenvalue weighted by Gasteiger charge is -2.24. The van der Waals surface area contributed by atoms with Crippen molar-refractivity contribution in [2.45, 2.75) is 43.9 Å². The number of aliphatic hydroxyl groups is 2. The van der Waals surface area contributed by atoms with E-state index in [1.54, 1.807) is 18.2 Å². The largest absolute Gasteiger partial charge is 0.454 e. The van der Waals surface area contributed by atoms with Crippen LogP contribution in [0.5, 0.6) is 11.5 Å². The Morgan fingerprint density at radius 1 is 1.14 bits per heavy atom. The van der Waals surface area contributed by atoms with Gasteiger partial charge in [-0.25, -0.2) is 0 Å². The van der Waals surface area contributed by atoms with Crippen molar-refractivity contribution in [3.63, 3.8) is 0 Å². The number of rotatable bonds is 2. The average Bonchev–Trinajstić information content (AvgIpc) is 2.90. The molecule has 1 aliphatic carbocycles. The Hall–Kier alpha value is -1.79. The van der Waals surface area contributed by atoms with Gasteiger partial charge in [-0.3, -0.25) is 4.79 Å². The Kier molecular flexibility index (Phi) is 3.98. The molecule has 1 aliphatic heterocycles. The van der Waals surface area contributed by atoms with Crippen molar-refractivity contribution >= 4 is 5.91 Å². The predicted molar refractivity (Wildman–Crippen MR) is 74.3 cm³/mol. The highest BCUT2D eigenvalue weighted by Gasteiger charge is 2.30. The van der Waals surface area contributed by atoms with E-state index < -0.39 is 18.2 Å². The van der Waals surface area contributed by atoms with E-state index in [9.17, 15) is 15.0 Å². The van der Waals surface area contributed by atoms with Crippen molar-refractivity contribution in [1.82, 2.24) is 5.32 Å². The zero-order valence-corrected chi connectivity index (χ0v) is 11.6. The molecule has 6 heteroatoms. The topological polar surface area (TPSA) is 88.0 Å². The van der Waals surface area contributed by atoms with Gasteiger partial charge in [-0.15, -0.1) is 0 Å². The second kappa shape index (κ2) is 5.91. The number of hydrogen-bond acceptors (Lipinski definition) is 5. The summed E-state index contributed by atoms with van der Waals surface area (Å²) in [5.41, 5.74) is 0.449. The van der Waals surface area contributed by atoms with Crippen LogP contribution >= 0.6 is 0 Å².